The van der Waals surface area contributed by atoms with Gasteiger partial charge in [0.15, 0.2) is 0 Å². The van der Waals surface area contributed by atoms with Crippen molar-refractivity contribution >= 4 is 6.01 Å². The van der Waals surface area contributed by atoms with Crippen LogP contribution < -0.4 is 10.6 Å². The Morgan fingerprint density at radius 2 is 1.84 bits per heavy atom. The fraction of sp³-hybridized carbons (Fsp3) is 0.818. The van der Waals surface area contributed by atoms with E-state index < -0.39 is 0 Å². The molecule has 19 heavy (non-hydrogen) atoms. The van der Waals surface area contributed by atoms with Crippen LogP contribution in [0.2, 0.25) is 0 Å². The SMILES string of the molecule is COCCNCc1nnc(NCCOCCOC)o1. The van der Waals surface area contributed by atoms with E-state index in [-0.39, 0.29) is 0 Å². The van der Waals surface area contributed by atoms with Crippen LogP contribution in [-0.2, 0) is 20.8 Å². The summed E-state index contributed by atoms with van der Waals surface area (Å²) in [6.45, 7) is 4.28. The molecule has 110 valence electrons. The Balaban J connectivity index is 2.06. The van der Waals surface area contributed by atoms with Crippen LogP contribution in [0.15, 0.2) is 4.42 Å². The van der Waals surface area contributed by atoms with Crippen molar-refractivity contribution in [3.8, 4) is 0 Å². The minimum Gasteiger partial charge on any atom is -0.407 e. The van der Waals surface area contributed by atoms with Gasteiger partial charge in [0.1, 0.15) is 0 Å². The third-order valence-electron chi connectivity index (χ3n) is 2.18. The molecule has 1 aromatic heterocycles. The molecule has 0 aliphatic carbocycles. The molecule has 0 aliphatic heterocycles. The number of aromatic nitrogens is 2. The van der Waals surface area contributed by atoms with Crippen LogP contribution in [0.25, 0.3) is 0 Å². The van der Waals surface area contributed by atoms with Crippen LogP contribution in [0.1, 0.15) is 5.89 Å². The summed E-state index contributed by atoms with van der Waals surface area (Å²) >= 11 is 0. The molecule has 0 spiro atoms. The maximum absolute atomic E-state index is 5.37. The summed E-state index contributed by atoms with van der Waals surface area (Å²) in [7, 11) is 3.30. The van der Waals surface area contributed by atoms with E-state index in [2.05, 4.69) is 20.8 Å². The molecular formula is C11H22N4O4. The Morgan fingerprint density at radius 3 is 2.63 bits per heavy atom. The van der Waals surface area contributed by atoms with Crippen LogP contribution in [0.3, 0.4) is 0 Å². The smallest absolute Gasteiger partial charge is 0.315 e. The van der Waals surface area contributed by atoms with E-state index in [0.29, 0.717) is 51.4 Å². The third-order valence-corrected chi connectivity index (χ3v) is 2.18. The molecule has 0 atom stereocenters. The van der Waals surface area contributed by atoms with Crippen molar-refractivity contribution in [1.82, 2.24) is 15.5 Å². The van der Waals surface area contributed by atoms with Crippen molar-refractivity contribution in [3.05, 3.63) is 5.89 Å². The molecule has 0 bridgehead atoms. The normalized spacial score (nSPS) is 10.8. The van der Waals surface area contributed by atoms with Crippen molar-refractivity contribution in [1.29, 1.82) is 0 Å². The van der Waals surface area contributed by atoms with Crippen LogP contribution in [0.4, 0.5) is 6.01 Å². The largest absolute Gasteiger partial charge is 0.407 e. The first kappa shape index (κ1) is 15.8. The molecule has 0 aliphatic rings. The number of rotatable bonds is 12. The second kappa shape index (κ2) is 10.7. The maximum Gasteiger partial charge on any atom is 0.315 e. The van der Waals surface area contributed by atoms with Gasteiger partial charge in [0.05, 0.1) is 33.0 Å². The van der Waals surface area contributed by atoms with Crippen molar-refractivity contribution < 1.29 is 18.6 Å². The molecule has 1 heterocycles. The van der Waals surface area contributed by atoms with Crippen LogP contribution in [0.5, 0.6) is 0 Å². The van der Waals surface area contributed by atoms with E-state index in [1.165, 1.54) is 0 Å². The number of methoxy groups -OCH3 is 2. The number of ether oxygens (including phenoxy) is 3. The third kappa shape index (κ3) is 7.73. The Hall–Kier alpha value is -1.22. The highest BCUT2D eigenvalue weighted by Crippen LogP contribution is 2.04. The van der Waals surface area contributed by atoms with Gasteiger partial charge < -0.3 is 29.3 Å². The quantitative estimate of drug-likeness (QED) is 0.510. The zero-order valence-electron chi connectivity index (χ0n) is 11.5. The Bertz CT molecular complexity index is 321. The summed E-state index contributed by atoms with van der Waals surface area (Å²) < 4.78 is 20.4. The van der Waals surface area contributed by atoms with Gasteiger partial charge in [-0.05, 0) is 0 Å². The first-order valence-corrected chi connectivity index (χ1v) is 6.19. The molecule has 0 fully saturated rings. The maximum atomic E-state index is 5.37. The second-order valence-corrected chi connectivity index (χ2v) is 3.70. The van der Waals surface area contributed by atoms with Crippen molar-refractivity contribution in [2.24, 2.45) is 0 Å². The van der Waals surface area contributed by atoms with E-state index in [4.69, 9.17) is 18.6 Å². The highest BCUT2D eigenvalue weighted by atomic mass is 16.5. The average molecular weight is 274 g/mol. The van der Waals surface area contributed by atoms with Gasteiger partial charge in [-0.15, -0.1) is 5.10 Å². The van der Waals surface area contributed by atoms with Gasteiger partial charge in [-0.3, -0.25) is 0 Å². The Morgan fingerprint density at radius 1 is 1.00 bits per heavy atom. The molecule has 1 aromatic rings. The fourth-order valence-corrected chi connectivity index (χ4v) is 1.24. The first-order valence-electron chi connectivity index (χ1n) is 6.19. The highest BCUT2D eigenvalue weighted by molar-refractivity contribution is 5.16. The van der Waals surface area contributed by atoms with Crippen molar-refractivity contribution in [2.45, 2.75) is 6.54 Å². The lowest BCUT2D eigenvalue weighted by atomic mass is 10.6. The lowest BCUT2D eigenvalue weighted by molar-refractivity contribution is 0.0757. The van der Waals surface area contributed by atoms with Gasteiger partial charge in [-0.25, -0.2) is 0 Å². The lowest BCUT2D eigenvalue weighted by Crippen LogP contribution is -2.18. The molecule has 2 N–H and O–H groups in total. The van der Waals surface area contributed by atoms with Gasteiger partial charge in [0.2, 0.25) is 5.89 Å². The number of hydrogen-bond donors (Lipinski definition) is 2. The number of nitrogens with zero attached hydrogens (tertiary/aromatic N) is 2. The van der Waals surface area contributed by atoms with E-state index in [1.807, 2.05) is 0 Å². The lowest BCUT2D eigenvalue weighted by Gasteiger charge is -2.03. The highest BCUT2D eigenvalue weighted by Gasteiger charge is 2.04. The van der Waals surface area contributed by atoms with Gasteiger partial charge in [-0.2, -0.15) is 0 Å². The van der Waals surface area contributed by atoms with Crippen molar-refractivity contribution in [2.75, 3.05) is 59.1 Å². The number of hydrogen-bond acceptors (Lipinski definition) is 8. The molecule has 0 radical (unpaired) electrons. The van der Waals surface area contributed by atoms with E-state index in [1.54, 1.807) is 14.2 Å². The molecule has 0 saturated carbocycles. The zero-order chi connectivity index (χ0) is 13.8. The number of anilines is 1. The van der Waals surface area contributed by atoms with Gasteiger partial charge in [0.25, 0.3) is 0 Å². The molecule has 1 rings (SSSR count). The Kier molecular flexibility index (Phi) is 8.90. The van der Waals surface area contributed by atoms with Gasteiger partial charge >= 0.3 is 6.01 Å². The van der Waals surface area contributed by atoms with Crippen molar-refractivity contribution in [3.63, 3.8) is 0 Å². The second-order valence-electron chi connectivity index (χ2n) is 3.70. The predicted molar refractivity (Wildman–Crippen MR) is 69.1 cm³/mol. The number of nitrogens with one attached hydrogen (secondary N) is 2. The standard InChI is InChI=1S/C11H22N4O4/c1-16-5-3-12-9-10-14-15-11(19-10)13-4-6-18-8-7-17-2/h12H,3-9H2,1-2H3,(H,13,15). The summed E-state index contributed by atoms with van der Waals surface area (Å²) in [5.41, 5.74) is 0. The summed E-state index contributed by atoms with van der Waals surface area (Å²) in [5.74, 6) is 0.541. The predicted octanol–water partition coefficient (Wildman–Crippen LogP) is -0.119. The first-order chi connectivity index (χ1) is 9.36. The fourth-order valence-electron chi connectivity index (χ4n) is 1.24. The summed E-state index contributed by atoms with van der Waals surface area (Å²) in [5, 5.41) is 13.9. The van der Waals surface area contributed by atoms with Crippen LogP contribution >= 0.6 is 0 Å². The van der Waals surface area contributed by atoms with E-state index in [0.717, 1.165) is 6.54 Å². The average Bonchev–Trinajstić information content (AvgIpc) is 2.87. The summed E-state index contributed by atoms with van der Waals surface area (Å²) in [4.78, 5) is 0. The molecule has 0 aromatic carbocycles. The van der Waals surface area contributed by atoms with E-state index in [9.17, 15) is 0 Å². The van der Waals surface area contributed by atoms with Gasteiger partial charge in [-0.1, -0.05) is 5.10 Å². The Labute approximate surface area is 112 Å². The molecule has 0 unspecified atom stereocenters. The molecule has 8 heteroatoms. The molecule has 0 saturated heterocycles. The summed E-state index contributed by atoms with van der Waals surface area (Å²) in [6, 6.07) is 0.402. The van der Waals surface area contributed by atoms with Crippen LogP contribution in [0, 0.1) is 0 Å². The molecular weight excluding hydrogens is 252 g/mol. The minimum atomic E-state index is 0.402. The monoisotopic (exact) mass is 274 g/mol. The molecule has 8 nitrogen and oxygen atoms in total. The van der Waals surface area contributed by atoms with E-state index >= 15 is 0 Å². The zero-order valence-corrected chi connectivity index (χ0v) is 11.5. The van der Waals surface area contributed by atoms with Crippen LogP contribution in [-0.4, -0.2) is 63.9 Å². The minimum absolute atomic E-state index is 0.402. The summed E-state index contributed by atoms with van der Waals surface area (Å²) in [6.07, 6.45) is 0. The molecule has 0 amide bonds. The van der Waals surface area contributed by atoms with Gasteiger partial charge in [0, 0.05) is 27.3 Å². The topological polar surface area (TPSA) is 90.7 Å².